The number of benzene rings is 1. The third-order valence-corrected chi connectivity index (χ3v) is 8.58. The van der Waals surface area contributed by atoms with Crippen LogP contribution in [0.4, 0.5) is 0 Å². The zero-order valence-electron chi connectivity index (χ0n) is 26.5. The summed E-state index contributed by atoms with van der Waals surface area (Å²) in [6.07, 6.45) is 6.55. The van der Waals surface area contributed by atoms with Crippen molar-refractivity contribution < 1.29 is 19.8 Å². The topological polar surface area (TPSA) is 131 Å². The number of aliphatic hydroxyl groups excluding tert-OH is 2. The first-order chi connectivity index (χ1) is 21.6. The number of β-amino-alcohol motifs (C(OH)–C–C–N with tert-alkyl or cyclic N) is 1. The second-order valence-corrected chi connectivity index (χ2v) is 13.5. The molecule has 10 nitrogen and oxygen atoms in total. The smallest absolute Gasteiger partial charge is 0.239 e. The van der Waals surface area contributed by atoms with Crippen molar-refractivity contribution in [2.75, 3.05) is 26.2 Å². The molecule has 2 amide bonds. The molecule has 0 unspecified atom stereocenters. The zero-order valence-corrected chi connectivity index (χ0v) is 26.5. The molecule has 1 aliphatic heterocycles. The van der Waals surface area contributed by atoms with Crippen LogP contribution in [-0.2, 0) is 29.0 Å². The minimum Gasteiger partial charge on any atom is -0.392 e. The van der Waals surface area contributed by atoms with Gasteiger partial charge in [0.25, 0.3) is 0 Å². The van der Waals surface area contributed by atoms with E-state index in [0.29, 0.717) is 32.5 Å². The van der Waals surface area contributed by atoms with Gasteiger partial charge in [-0.1, -0.05) is 36.4 Å². The van der Waals surface area contributed by atoms with Crippen LogP contribution in [0, 0.1) is 5.92 Å². The summed E-state index contributed by atoms with van der Waals surface area (Å²) in [6, 6.07) is 14.5. The number of carbonyl (C=O) groups is 2. The quantitative estimate of drug-likeness (QED) is 0.259. The van der Waals surface area contributed by atoms with Gasteiger partial charge in [-0.15, -0.1) is 0 Å². The molecule has 5 atom stereocenters. The molecule has 3 heterocycles. The second-order valence-electron chi connectivity index (χ2n) is 13.5. The van der Waals surface area contributed by atoms with Crippen LogP contribution in [0.2, 0.25) is 0 Å². The van der Waals surface area contributed by atoms with E-state index in [1.54, 1.807) is 18.6 Å². The number of hydrogen-bond donors (Lipinski definition) is 4. The van der Waals surface area contributed by atoms with E-state index in [0.717, 1.165) is 28.8 Å². The Balaban J connectivity index is 1.29. The lowest BCUT2D eigenvalue weighted by Crippen LogP contribution is -2.61. The average molecular weight is 615 g/mol. The van der Waals surface area contributed by atoms with Gasteiger partial charge in [0.2, 0.25) is 11.8 Å². The van der Waals surface area contributed by atoms with Crippen molar-refractivity contribution in [2.45, 2.75) is 76.4 Å². The molecule has 0 spiro atoms. The molecule has 0 bridgehead atoms. The zero-order chi connectivity index (χ0) is 32.0. The number of fused-ring (bicyclic) bond motifs is 1. The summed E-state index contributed by atoms with van der Waals surface area (Å²) in [5, 5.41) is 28.5. The monoisotopic (exact) mass is 614 g/mol. The Morgan fingerprint density at radius 1 is 1.00 bits per heavy atom. The Morgan fingerprint density at radius 2 is 1.71 bits per heavy atom. The van der Waals surface area contributed by atoms with Crippen molar-refractivity contribution >= 4 is 11.8 Å². The maximum absolute atomic E-state index is 13.8. The van der Waals surface area contributed by atoms with Gasteiger partial charge >= 0.3 is 0 Å². The highest BCUT2D eigenvalue weighted by molar-refractivity contribution is 5.83. The van der Waals surface area contributed by atoms with Crippen LogP contribution in [-0.4, -0.2) is 91.8 Å². The Kier molecular flexibility index (Phi) is 10.6. The van der Waals surface area contributed by atoms with Crippen molar-refractivity contribution in [1.82, 2.24) is 30.4 Å². The van der Waals surface area contributed by atoms with E-state index < -0.39 is 35.7 Å². The van der Waals surface area contributed by atoms with Crippen molar-refractivity contribution in [3.8, 4) is 0 Å². The van der Waals surface area contributed by atoms with E-state index in [9.17, 15) is 19.8 Å². The Hall–Kier alpha value is -3.70. The number of amides is 2. The summed E-state index contributed by atoms with van der Waals surface area (Å²) in [5.74, 6) is -0.857. The molecule has 240 valence electrons. The highest BCUT2D eigenvalue weighted by atomic mass is 16.3. The summed E-state index contributed by atoms with van der Waals surface area (Å²) >= 11 is 0. The average Bonchev–Trinajstić information content (AvgIpc) is 3.32. The SMILES string of the molecule is CC(C)(C)NC(=O)[C@@H]1CN(Cc2cccnc2)CCN1C[C@@H](O)C[C@@H](Cc1cccnc1)C(=O)N[C@H]1c2ccccc2C[C@H]1O. The van der Waals surface area contributed by atoms with Crippen molar-refractivity contribution in [1.29, 1.82) is 0 Å². The molecule has 0 radical (unpaired) electrons. The standard InChI is InChI=1S/C35H46N6O4/c1-35(2,3)39-34(45)30-23-40(21-25-9-7-13-37-20-25)14-15-41(30)22-28(42)17-27(16-24-8-6-12-36-19-24)33(44)38-32-29-11-5-4-10-26(29)18-31(32)43/h4-13,19-20,27-28,30-32,42-43H,14-18,21-23H2,1-3H3,(H,38,44)(H,39,45)/t27-,28+,30+,31-,32+/m1/s1. The van der Waals surface area contributed by atoms with E-state index in [-0.39, 0.29) is 24.8 Å². The first kappa shape index (κ1) is 32.7. The molecular weight excluding hydrogens is 568 g/mol. The second kappa shape index (κ2) is 14.6. The van der Waals surface area contributed by atoms with Crippen molar-refractivity contribution in [3.63, 3.8) is 0 Å². The first-order valence-corrected chi connectivity index (χ1v) is 15.9. The maximum atomic E-state index is 13.8. The van der Waals surface area contributed by atoms with Crippen molar-refractivity contribution in [3.05, 3.63) is 95.6 Å². The third-order valence-electron chi connectivity index (χ3n) is 8.58. The lowest BCUT2D eigenvalue weighted by molar-refractivity contribution is -0.132. The maximum Gasteiger partial charge on any atom is 0.239 e. The van der Waals surface area contributed by atoms with E-state index in [2.05, 4.69) is 25.5 Å². The normalized spacial score (nSPS) is 21.9. The van der Waals surface area contributed by atoms with Crippen LogP contribution >= 0.6 is 0 Å². The van der Waals surface area contributed by atoms with Crippen LogP contribution in [0.25, 0.3) is 0 Å². The van der Waals surface area contributed by atoms with Crippen LogP contribution in [0.15, 0.2) is 73.3 Å². The van der Waals surface area contributed by atoms with Crippen LogP contribution in [0.5, 0.6) is 0 Å². The molecular formula is C35H46N6O4. The van der Waals surface area contributed by atoms with Gasteiger partial charge in [0.05, 0.1) is 18.2 Å². The fourth-order valence-electron chi connectivity index (χ4n) is 6.47. The van der Waals surface area contributed by atoms with Gasteiger partial charge < -0.3 is 20.8 Å². The van der Waals surface area contributed by atoms with E-state index in [1.165, 1.54) is 0 Å². The number of aromatic nitrogens is 2. The van der Waals surface area contributed by atoms with Gasteiger partial charge in [-0.2, -0.15) is 0 Å². The summed E-state index contributed by atoms with van der Waals surface area (Å²) in [5.41, 5.74) is 3.53. The van der Waals surface area contributed by atoms with Gasteiger partial charge in [0.15, 0.2) is 0 Å². The van der Waals surface area contributed by atoms with Crippen LogP contribution in [0.3, 0.4) is 0 Å². The Labute approximate surface area is 265 Å². The lowest BCUT2D eigenvalue weighted by atomic mass is 9.92. The number of rotatable bonds is 11. The van der Waals surface area contributed by atoms with Gasteiger partial charge in [-0.05, 0) is 68.0 Å². The number of aliphatic hydroxyl groups is 2. The van der Waals surface area contributed by atoms with Crippen LogP contribution < -0.4 is 10.6 Å². The number of hydrogen-bond acceptors (Lipinski definition) is 8. The summed E-state index contributed by atoms with van der Waals surface area (Å²) < 4.78 is 0. The summed E-state index contributed by atoms with van der Waals surface area (Å²) in [7, 11) is 0. The highest BCUT2D eigenvalue weighted by Crippen LogP contribution is 2.32. The number of carbonyl (C=O) groups excluding carboxylic acids is 2. The molecule has 2 aliphatic rings. The van der Waals surface area contributed by atoms with E-state index in [4.69, 9.17) is 0 Å². The third kappa shape index (κ3) is 8.94. The highest BCUT2D eigenvalue weighted by Gasteiger charge is 2.37. The van der Waals surface area contributed by atoms with E-state index >= 15 is 0 Å². The molecule has 3 aromatic rings. The Bertz CT molecular complexity index is 1420. The molecule has 1 aliphatic carbocycles. The first-order valence-electron chi connectivity index (χ1n) is 15.9. The number of nitrogens with zero attached hydrogens (tertiary/aromatic N) is 4. The van der Waals surface area contributed by atoms with Gasteiger partial charge in [0.1, 0.15) is 6.04 Å². The fraction of sp³-hybridized carbons (Fsp3) is 0.486. The minimum atomic E-state index is -0.854. The number of piperazine rings is 1. The predicted molar refractivity (Wildman–Crippen MR) is 172 cm³/mol. The number of pyridine rings is 2. The Morgan fingerprint density at radius 3 is 2.40 bits per heavy atom. The molecule has 2 aromatic heterocycles. The van der Waals surface area contributed by atoms with Gasteiger partial charge in [-0.25, -0.2) is 0 Å². The molecule has 1 saturated heterocycles. The molecule has 10 heteroatoms. The molecule has 5 rings (SSSR count). The largest absolute Gasteiger partial charge is 0.392 e. The van der Waals surface area contributed by atoms with Crippen LogP contribution in [0.1, 0.15) is 55.5 Å². The van der Waals surface area contributed by atoms with Gasteiger partial charge in [0, 0.05) is 75.4 Å². The molecule has 0 saturated carbocycles. The van der Waals surface area contributed by atoms with Crippen molar-refractivity contribution in [2.24, 2.45) is 5.92 Å². The van der Waals surface area contributed by atoms with E-state index in [1.807, 2.05) is 80.4 Å². The molecule has 45 heavy (non-hydrogen) atoms. The predicted octanol–water partition coefficient (Wildman–Crippen LogP) is 2.26. The molecule has 1 fully saturated rings. The summed E-state index contributed by atoms with van der Waals surface area (Å²) in [6.45, 7) is 8.68. The van der Waals surface area contributed by atoms with Gasteiger partial charge in [-0.3, -0.25) is 29.4 Å². The lowest BCUT2D eigenvalue weighted by Gasteiger charge is -2.42. The minimum absolute atomic E-state index is 0.0795. The summed E-state index contributed by atoms with van der Waals surface area (Å²) in [4.78, 5) is 40.1. The number of nitrogens with one attached hydrogen (secondary N) is 2. The molecule has 4 N–H and O–H groups in total. The fourth-order valence-corrected chi connectivity index (χ4v) is 6.47. The molecule has 1 aromatic carbocycles.